The smallest absolute Gasteiger partial charge is 0.284 e. The Morgan fingerprint density at radius 3 is 2.48 bits per heavy atom. The molecule has 0 fully saturated rings. The number of carbonyl (C=O) groups is 1. The third-order valence-corrected chi connectivity index (χ3v) is 4.11. The van der Waals surface area contributed by atoms with Gasteiger partial charge in [-0.05, 0) is 37.3 Å². The molecule has 3 rings (SSSR count). The zero-order chi connectivity index (χ0) is 19.4. The molecule has 7 heteroatoms. The highest BCUT2D eigenvalue weighted by Gasteiger charge is 2.17. The standard InChI is InChI=1S/C20H18ClN3O3/c1-13(25)12-22-19(26)17-11-18(14-7-9-15(21)10-8-14)23-24(20(17)27)16-5-3-2-4-6-16/h2-11,13,25H,12H2,1H3,(H,22,26). The van der Waals surface area contributed by atoms with Gasteiger partial charge in [0.05, 0.1) is 17.5 Å². The van der Waals surface area contributed by atoms with E-state index in [1.54, 1.807) is 55.5 Å². The van der Waals surface area contributed by atoms with Crippen molar-refractivity contribution in [2.24, 2.45) is 0 Å². The van der Waals surface area contributed by atoms with E-state index in [1.165, 1.54) is 10.7 Å². The van der Waals surface area contributed by atoms with E-state index in [0.29, 0.717) is 22.0 Å². The number of benzene rings is 2. The molecule has 1 aromatic heterocycles. The Hall–Kier alpha value is -2.96. The maximum Gasteiger partial charge on any atom is 0.284 e. The average molecular weight is 384 g/mol. The maximum absolute atomic E-state index is 12.8. The van der Waals surface area contributed by atoms with Gasteiger partial charge in [0.15, 0.2) is 0 Å². The second kappa shape index (κ2) is 8.16. The molecule has 0 aliphatic heterocycles. The van der Waals surface area contributed by atoms with E-state index in [2.05, 4.69) is 10.4 Å². The van der Waals surface area contributed by atoms with Gasteiger partial charge < -0.3 is 10.4 Å². The molecule has 1 heterocycles. The van der Waals surface area contributed by atoms with Crippen molar-refractivity contribution in [2.45, 2.75) is 13.0 Å². The Bertz CT molecular complexity index is 999. The van der Waals surface area contributed by atoms with Gasteiger partial charge in [-0.15, -0.1) is 0 Å². The van der Waals surface area contributed by atoms with E-state index in [0.717, 1.165) is 0 Å². The van der Waals surface area contributed by atoms with Crippen LogP contribution < -0.4 is 10.9 Å². The number of nitrogens with zero attached hydrogens (tertiary/aromatic N) is 2. The van der Waals surface area contributed by atoms with Gasteiger partial charge in [0.25, 0.3) is 11.5 Å². The molecule has 1 amide bonds. The summed E-state index contributed by atoms with van der Waals surface area (Å²) in [4.78, 5) is 25.4. The fraction of sp³-hybridized carbons (Fsp3) is 0.150. The van der Waals surface area contributed by atoms with Crippen molar-refractivity contribution in [1.82, 2.24) is 15.1 Å². The number of rotatable bonds is 5. The molecule has 0 aliphatic rings. The molecule has 0 spiro atoms. The lowest BCUT2D eigenvalue weighted by atomic mass is 10.1. The molecular formula is C20H18ClN3O3. The van der Waals surface area contributed by atoms with Crippen LogP contribution in [0.15, 0.2) is 65.5 Å². The van der Waals surface area contributed by atoms with Crippen molar-refractivity contribution in [1.29, 1.82) is 0 Å². The van der Waals surface area contributed by atoms with Gasteiger partial charge in [0, 0.05) is 17.1 Å². The summed E-state index contributed by atoms with van der Waals surface area (Å²) in [5.41, 5.74) is 1.12. The van der Waals surface area contributed by atoms with Crippen LogP contribution in [0.2, 0.25) is 5.02 Å². The van der Waals surface area contributed by atoms with Crippen LogP contribution in [0.4, 0.5) is 0 Å². The lowest BCUT2D eigenvalue weighted by Crippen LogP contribution is -2.36. The summed E-state index contributed by atoms with van der Waals surface area (Å²) in [5.74, 6) is -0.566. The van der Waals surface area contributed by atoms with Crippen molar-refractivity contribution >= 4 is 17.5 Å². The van der Waals surface area contributed by atoms with E-state index >= 15 is 0 Å². The van der Waals surface area contributed by atoms with Crippen LogP contribution in [-0.4, -0.2) is 33.4 Å². The second-order valence-corrected chi connectivity index (χ2v) is 6.50. The summed E-state index contributed by atoms with van der Waals surface area (Å²) in [6.07, 6.45) is -0.720. The topological polar surface area (TPSA) is 84.2 Å². The molecule has 0 radical (unpaired) electrons. The Morgan fingerprint density at radius 1 is 1.19 bits per heavy atom. The predicted molar refractivity (Wildman–Crippen MR) is 104 cm³/mol. The Labute approximate surface area is 161 Å². The van der Waals surface area contributed by atoms with Crippen LogP contribution in [0.1, 0.15) is 17.3 Å². The highest BCUT2D eigenvalue weighted by atomic mass is 35.5. The van der Waals surface area contributed by atoms with Crippen LogP contribution in [-0.2, 0) is 0 Å². The predicted octanol–water partition coefficient (Wildman–Crippen LogP) is 2.66. The van der Waals surface area contributed by atoms with E-state index in [1.807, 2.05) is 6.07 Å². The Morgan fingerprint density at radius 2 is 1.85 bits per heavy atom. The first kappa shape index (κ1) is 18.8. The fourth-order valence-electron chi connectivity index (χ4n) is 2.50. The molecule has 2 aromatic carbocycles. The van der Waals surface area contributed by atoms with Crippen molar-refractivity contribution in [3.05, 3.63) is 81.6 Å². The van der Waals surface area contributed by atoms with Crippen molar-refractivity contribution < 1.29 is 9.90 Å². The van der Waals surface area contributed by atoms with Crippen molar-refractivity contribution in [3.63, 3.8) is 0 Å². The molecule has 3 aromatic rings. The molecule has 0 bridgehead atoms. The second-order valence-electron chi connectivity index (χ2n) is 6.06. The number of halogens is 1. The fourth-order valence-corrected chi connectivity index (χ4v) is 2.62. The van der Waals surface area contributed by atoms with E-state index < -0.39 is 17.6 Å². The third kappa shape index (κ3) is 4.42. The molecule has 1 unspecified atom stereocenters. The molecule has 0 saturated carbocycles. The molecule has 6 nitrogen and oxygen atoms in total. The summed E-state index contributed by atoms with van der Waals surface area (Å²) in [6, 6.07) is 17.3. The highest BCUT2D eigenvalue weighted by Crippen LogP contribution is 2.20. The number of nitrogens with one attached hydrogen (secondary N) is 1. The maximum atomic E-state index is 12.8. The first-order valence-corrected chi connectivity index (χ1v) is 8.75. The van der Waals surface area contributed by atoms with Gasteiger partial charge in [-0.25, -0.2) is 0 Å². The van der Waals surface area contributed by atoms with E-state index in [-0.39, 0.29) is 12.1 Å². The van der Waals surface area contributed by atoms with Gasteiger partial charge in [0.2, 0.25) is 0 Å². The molecular weight excluding hydrogens is 366 g/mol. The average Bonchev–Trinajstić information content (AvgIpc) is 2.67. The van der Waals surface area contributed by atoms with Crippen molar-refractivity contribution in [3.8, 4) is 16.9 Å². The number of hydrogen-bond donors (Lipinski definition) is 2. The summed E-state index contributed by atoms with van der Waals surface area (Å²) in [7, 11) is 0. The monoisotopic (exact) mass is 383 g/mol. The Balaban J connectivity index is 2.14. The molecule has 1 atom stereocenters. The number of carbonyl (C=O) groups excluding carboxylic acids is 1. The Kier molecular flexibility index (Phi) is 5.69. The van der Waals surface area contributed by atoms with Gasteiger partial charge in [-0.2, -0.15) is 9.78 Å². The lowest BCUT2D eigenvalue weighted by molar-refractivity contribution is 0.0922. The third-order valence-electron chi connectivity index (χ3n) is 3.85. The number of aliphatic hydroxyl groups excluding tert-OH is 1. The quantitative estimate of drug-likeness (QED) is 0.709. The van der Waals surface area contributed by atoms with Gasteiger partial charge in [-0.3, -0.25) is 9.59 Å². The zero-order valence-electron chi connectivity index (χ0n) is 14.6. The first-order chi connectivity index (χ1) is 13.0. The van der Waals surface area contributed by atoms with Crippen LogP contribution in [0.3, 0.4) is 0 Å². The van der Waals surface area contributed by atoms with Crippen LogP contribution in [0.25, 0.3) is 16.9 Å². The summed E-state index contributed by atoms with van der Waals surface area (Å²) in [6.45, 7) is 1.59. The molecule has 0 saturated heterocycles. The van der Waals surface area contributed by atoms with Crippen LogP contribution in [0.5, 0.6) is 0 Å². The largest absolute Gasteiger partial charge is 0.392 e. The van der Waals surface area contributed by atoms with E-state index in [9.17, 15) is 14.7 Å². The number of aromatic nitrogens is 2. The van der Waals surface area contributed by atoms with Gasteiger partial charge in [-0.1, -0.05) is 41.9 Å². The van der Waals surface area contributed by atoms with Gasteiger partial charge >= 0.3 is 0 Å². The number of amides is 1. The SMILES string of the molecule is CC(O)CNC(=O)c1cc(-c2ccc(Cl)cc2)nn(-c2ccccc2)c1=O. The van der Waals surface area contributed by atoms with Crippen LogP contribution in [0, 0.1) is 0 Å². The summed E-state index contributed by atoms with van der Waals surface area (Å²) < 4.78 is 1.20. The highest BCUT2D eigenvalue weighted by molar-refractivity contribution is 6.30. The lowest BCUT2D eigenvalue weighted by Gasteiger charge is -2.12. The minimum Gasteiger partial charge on any atom is -0.392 e. The zero-order valence-corrected chi connectivity index (χ0v) is 15.3. The molecule has 27 heavy (non-hydrogen) atoms. The normalized spacial score (nSPS) is 11.8. The number of hydrogen-bond acceptors (Lipinski definition) is 4. The van der Waals surface area contributed by atoms with Crippen LogP contribution >= 0.6 is 11.6 Å². The summed E-state index contributed by atoms with van der Waals surface area (Å²) in [5, 5.41) is 16.9. The number of para-hydroxylation sites is 1. The van der Waals surface area contributed by atoms with Crippen molar-refractivity contribution in [2.75, 3.05) is 6.54 Å². The minimum absolute atomic E-state index is 0.0439. The van der Waals surface area contributed by atoms with Gasteiger partial charge in [0.1, 0.15) is 5.56 Å². The van der Waals surface area contributed by atoms with E-state index in [4.69, 9.17) is 11.6 Å². The summed E-state index contributed by atoms with van der Waals surface area (Å²) >= 11 is 5.94. The number of aliphatic hydroxyl groups is 1. The molecule has 0 aliphatic carbocycles. The molecule has 2 N–H and O–H groups in total. The minimum atomic E-state index is -0.720. The first-order valence-electron chi connectivity index (χ1n) is 8.37. The molecule has 138 valence electrons.